The van der Waals surface area contributed by atoms with Gasteiger partial charge >= 0.3 is 11.9 Å². The molecule has 3 rings (SSSR count). The van der Waals surface area contributed by atoms with Crippen LogP contribution in [0.2, 0.25) is 0 Å². The molecule has 28 heavy (non-hydrogen) atoms. The summed E-state index contributed by atoms with van der Waals surface area (Å²) in [6.45, 7) is 1.30. The molecule has 8 nitrogen and oxygen atoms in total. The van der Waals surface area contributed by atoms with Gasteiger partial charge in [0.25, 0.3) is 5.91 Å². The van der Waals surface area contributed by atoms with Crippen LogP contribution in [0, 0.1) is 6.92 Å². The summed E-state index contributed by atoms with van der Waals surface area (Å²) in [7, 11) is 1.28. The average molecular weight is 379 g/mol. The second-order valence-electron chi connectivity index (χ2n) is 5.91. The zero-order chi connectivity index (χ0) is 20.1. The molecule has 1 aromatic heterocycles. The van der Waals surface area contributed by atoms with E-state index in [-0.39, 0.29) is 5.56 Å². The van der Waals surface area contributed by atoms with Crippen molar-refractivity contribution in [1.29, 1.82) is 0 Å². The third-order valence-electron chi connectivity index (χ3n) is 3.97. The van der Waals surface area contributed by atoms with Gasteiger partial charge in [-0.15, -0.1) is 0 Å². The molecule has 0 unspecified atom stereocenters. The highest BCUT2D eigenvalue weighted by atomic mass is 16.5. The third kappa shape index (κ3) is 4.29. The van der Waals surface area contributed by atoms with Gasteiger partial charge in [0.2, 0.25) is 0 Å². The highest BCUT2D eigenvalue weighted by Crippen LogP contribution is 2.18. The zero-order valence-electron chi connectivity index (χ0n) is 15.3. The van der Waals surface area contributed by atoms with Gasteiger partial charge in [-0.25, -0.2) is 9.59 Å². The van der Waals surface area contributed by atoms with Gasteiger partial charge in [-0.1, -0.05) is 6.07 Å². The summed E-state index contributed by atoms with van der Waals surface area (Å²) in [6.07, 6.45) is 3.08. The molecule has 0 aliphatic carbocycles. The molecule has 0 radical (unpaired) electrons. The summed E-state index contributed by atoms with van der Waals surface area (Å²) >= 11 is 0. The van der Waals surface area contributed by atoms with Crippen molar-refractivity contribution in [3.8, 4) is 0 Å². The number of hydrogen-bond donors (Lipinski definition) is 1. The lowest BCUT2D eigenvalue weighted by molar-refractivity contribution is -0.119. The maximum absolute atomic E-state index is 12.2. The fraction of sp³-hybridized carbons (Fsp3) is 0.150. The largest absolute Gasteiger partial charge is 0.465 e. The van der Waals surface area contributed by atoms with Gasteiger partial charge in [-0.05, 0) is 42.8 Å². The number of fused-ring (bicyclic) bond motifs is 1. The van der Waals surface area contributed by atoms with Crippen molar-refractivity contribution in [2.45, 2.75) is 6.92 Å². The average Bonchev–Trinajstić information content (AvgIpc) is 2.72. The van der Waals surface area contributed by atoms with Gasteiger partial charge in [0.1, 0.15) is 0 Å². The topological polar surface area (TPSA) is 107 Å². The molecule has 1 heterocycles. The number of carbonyl (C=O) groups is 3. The number of methoxy groups -OCH3 is 1. The third-order valence-corrected chi connectivity index (χ3v) is 3.97. The standard InChI is InChI=1S/C20H17N3O5/c1-12-3-4-13(19(25)27-2)9-16(12)23-18(24)11-28-20(26)14-5-6-15-17(10-14)22-8-7-21-15/h3-10H,11H2,1-2H3,(H,23,24). The molecule has 8 heteroatoms. The molecule has 0 spiro atoms. The van der Waals surface area contributed by atoms with Gasteiger partial charge in [-0.3, -0.25) is 14.8 Å². The van der Waals surface area contributed by atoms with E-state index in [0.29, 0.717) is 22.3 Å². The molecule has 1 N–H and O–H groups in total. The van der Waals surface area contributed by atoms with Crippen molar-refractivity contribution in [2.24, 2.45) is 0 Å². The van der Waals surface area contributed by atoms with Crippen LogP contribution in [0.25, 0.3) is 11.0 Å². The van der Waals surface area contributed by atoms with Crippen LogP contribution >= 0.6 is 0 Å². The Morgan fingerprint density at radius 1 is 0.929 bits per heavy atom. The Bertz CT molecular complexity index is 1060. The molecule has 3 aromatic rings. The zero-order valence-corrected chi connectivity index (χ0v) is 15.3. The van der Waals surface area contributed by atoms with E-state index in [9.17, 15) is 14.4 Å². The number of esters is 2. The second kappa shape index (κ2) is 8.26. The van der Waals surface area contributed by atoms with Crippen molar-refractivity contribution in [1.82, 2.24) is 9.97 Å². The van der Waals surface area contributed by atoms with Crippen LogP contribution in [0.3, 0.4) is 0 Å². The molecular formula is C20H17N3O5. The number of amides is 1. The number of ether oxygens (including phenoxy) is 2. The summed E-state index contributed by atoms with van der Waals surface area (Å²) in [5.41, 5.74) is 2.96. The minimum absolute atomic E-state index is 0.268. The molecular weight excluding hydrogens is 362 g/mol. The first-order valence-electron chi connectivity index (χ1n) is 8.34. The lowest BCUT2D eigenvalue weighted by Crippen LogP contribution is -2.21. The van der Waals surface area contributed by atoms with E-state index in [4.69, 9.17) is 4.74 Å². The van der Waals surface area contributed by atoms with Crippen molar-refractivity contribution in [2.75, 3.05) is 19.0 Å². The Morgan fingerprint density at radius 2 is 1.61 bits per heavy atom. The molecule has 0 atom stereocenters. The minimum Gasteiger partial charge on any atom is -0.465 e. The Morgan fingerprint density at radius 3 is 2.36 bits per heavy atom. The Balaban J connectivity index is 1.63. The monoisotopic (exact) mass is 379 g/mol. The van der Waals surface area contributed by atoms with Gasteiger partial charge in [0.15, 0.2) is 6.61 Å². The summed E-state index contributed by atoms with van der Waals surface area (Å²) in [4.78, 5) is 44.2. The maximum Gasteiger partial charge on any atom is 0.338 e. The molecule has 0 saturated carbocycles. The predicted octanol–water partition coefficient (Wildman–Crippen LogP) is 2.52. The number of nitrogens with zero attached hydrogens (tertiary/aromatic N) is 2. The van der Waals surface area contributed by atoms with Gasteiger partial charge in [0.05, 0.1) is 29.3 Å². The summed E-state index contributed by atoms with van der Waals surface area (Å²) < 4.78 is 9.72. The van der Waals surface area contributed by atoms with Crippen LogP contribution in [0.4, 0.5) is 5.69 Å². The number of benzene rings is 2. The van der Waals surface area contributed by atoms with E-state index >= 15 is 0 Å². The molecule has 0 fully saturated rings. The van der Waals surface area contributed by atoms with Crippen LogP contribution in [0.5, 0.6) is 0 Å². The van der Waals surface area contributed by atoms with Crippen LogP contribution in [0.1, 0.15) is 26.3 Å². The second-order valence-corrected chi connectivity index (χ2v) is 5.91. The Hall–Kier alpha value is -3.81. The van der Waals surface area contributed by atoms with Gasteiger partial charge < -0.3 is 14.8 Å². The van der Waals surface area contributed by atoms with Crippen molar-refractivity contribution in [3.05, 3.63) is 65.5 Å². The van der Waals surface area contributed by atoms with E-state index in [1.54, 1.807) is 43.5 Å². The van der Waals surface area contributed by atoms with E-state index in [1.807, 2.05) is 0 Å². The molecule has 2 aromatic carbocycles. The van der Waals surface area contributed by atoms with Crippen LogP contribution in [-0.2, 0) is 14.3 Å². The number of hydrogen-bond acceptors (Lipinski definition) is 7. The predicted molar refractivity (Wildman–Crippen MR) is 101 cm³/mol. The molecule has 0 aliphatic heterocycles. The molecule has 0 aliphatic rings. The van der Waals surface area contributed by atoms with E-state index in [0.717, 1.165) is 5.56 Å². The lowest BCUT2D eigenvalue weighted by atomic mass is 10.1. The maximum atomic E-state index is 12.2. The first-order chi connectivity index (χ1) is 13.5. The SMILES string of the molecule is COC(=O)c1ccc(C)c(NC(=O)COC(=O)c2ccc3nccnc3c2)c1. The first-order valence-corrected chi connectivity index (χ1v) is 8.34. The number of rotatable bonds is 5. The lowest BCUT2D eigenvalue weighted by Gasteiger charge is -2.10. The number of aryl methyl sites for hydroxylation is 1. The van der Waals surface area contributed by atoms with Crippen molar-refractivity contribution < 1.29 is 23.9 Å². The molecule has 142 valence electrons. The van der Waals surface area contributed by atoms with Crippen molar-refractivity contribution >= 4 is 34.6 Å². The smallest absolute Gasteiger partial charge is 0.338 e. The minimum atomic E-state index is -0.650. The van der Waals surface area contributed by atoms with E-state index < -0.39 is 24.5 Å². The van der Waals surface area contributed by atoms with E-state index in [1.165, 1.54) is 19.4 Å². The van der Waals surface area contributed by atoms with Gasteiger partial charge in [-0.2, -0.15) is 0 Å². The normalized spacial score (nSPS) is 10.4. The fourth-order valence-electron chi connectivity index (χ4n) is 2.49. The molecule has 0 bridgehead atoms. The number of aromatic nitrogens is 2. The quantitative estimate of drug-likeness (QED) is 0.679. The first kappa shape index (κ1) is 19.0. The molecule has 1 amide bonds. The van der Waals surface area contributed by atoms with Crippen LogP contribution < -0.4 is 5.32 Å². The fourth-order valence-corrected chi connectivity index (χ4v) is 2.49. The van der Waals surface area contributed by atoms with Crippen molar-refractivity contribution in [3.63, 3.8) is 0 Å². The highest BCUT2D eigenvalue weighted by molar-refractivity contribution is 5.98. The highest BCUT2D eigenvalue weighted by Gasteiger charge is 2.14. The summed E-state index contributed by atoms with van der Waals surface area (Å²) in [5, 5.41) is 2.62. The summed E-state index contributed by atoms with van der Waals surface area (Å²) in [6, 6.07) is 9.54. The Kier molecular flexibility index (Phi) is 5.59. The van der Waals surface area contributed by atoms with E-state index in [2.05, 4.69) is 20.0 Å². The number of nitrogens with one attached hydrogen (secondary N) is 1. The number of anilines is 1. The van der Waals surface area contributed by atoms with Crippen LogP contribution in [-0.4, -0.2) is 41.5 Å². The molecule has 0 saturated heterocycles. The van der Waals surface area contributed by atoms with Gasteiger partial charge in [0, 0.05) is 18.1 Å². The Labute approximate surface area is 160 Å². The summed E-state index contributed by atoms with van der Waals surface area (Å²) in [5.74, 6) is -1.69. The number of carbonyl (C=O) groups excluding carboxylic acids is 3. The van der Waals surface area contributed by atoms with Crippen LogP contribution in [0.15, 0.2) is 48.8 Å².